The standard InChI is InChI=1S/C15H17Br2N3/c1-7(2)13-12(17)14(18)20-15(19-13)10-5-8(3)11(16)9(4)6-10/h5-7H,1-4H3,(H2,18,19,20). The predicted octanol–water partition coefficient (Wildman–Crippen LogP) is 4.99. The largest absolute Gasteiger partial charge is 0.383 e. The van der Waals surface area contributed by atoms with E-state index in [9.17, 15) is 0 Å². The van der Waals surface area contributed by atoms with Crippen LogP contribution in [0.5, 0.6) is 0 Å². The number of aryl methyl sites for hydroxylation is 2. The molecule has 1 heterocycles. The first-order valence-corrected chi connectivity index (χ1v) is 8.00. The molecule has 0 saturated heterocycles. The van der Waals surface area contributed by atoms with E-state index in [4.69, 9.17) is 5.73 Å². The highest BCUT2D eigenvalue weighted by atomic mass is 79.9. The first-order valence-electron chi connectivity index (χ1n) is 6.41. The molecule has 0 saturated carbocycles. The number of hydrogen-bond acceptors (Lipinski definition) is 3. The Morgan fingerprint density at radius 1 is 1.00 bits per heavy atom. The Labute approximate surface area is 136 Å². The van der Waals surface area contributed by atoms with Crippen LogP contribution in [0.1, 0.15) is 36.6 Å². The average Bonchev–Trinajstić information content (AvgIpc) is 2.38. The molecule has 0 fully saturated rings. The number of nitrogens with zero attached hydrogens (tertiary/aromatic N) is 2. The van der Waals surface area contributed by atoms with Crippen LogP contribution in [-0.2, 0) is 0 Å². The van der Waals surface area contributed by atoms with E-state index in [0.29, 0.717) is 11.6 Å². The normalized spacial score (nSPS) is 11.2. The fourth-order valence-electron chi connectivity index (χ4n) is 2.07. The predicted molar refractivity (Wildman–Crippen MR) is 90.8 cm³/mol. The van der Waals surface area contributed by atoms with Crippen molar-refractivity contribution in [1.82, 2.24) is 9.97 Å². The molecule has 20 heavy (non-hydrogen) atoms. The van der Waals surface area contributed by atoms with Crippen molar-refractivity contribution >= 4 is 37.7 Å². The van der Waals surface area contributed by atoms with Gasteiger partial charge in [0.2, 0.25) is 0 Å². The molecule has 2 N–H and O–H groups in total. The smallest absolute Gasteiger partial charge is 0.161 e. The van der Waals surface area contributed by atoms with Crippen LogP contribution >= 0.6 is 31.9 Å². The minimum absolute atomic E-state index is 0.283. The second kappa shape index (κ2) is 5.82. The molecule has 0 unspecified atom stereocenters. The molecule has 2 rings (SSSR count). The summed E-state index contributed by atoms with van der Waals surface area (Å²) < 4.78 is 1.91. The zero-order chi connectivity index (χ0) is 15.0. The van der Waals surface area contributed by atoms with Gasteiger partial charge in [-0.15, -0.1) is 0 Å². The third-order valence-electron chi connectivity index (χ3n) is 3.14. The van der Waals surface area contributed by atoms with Gasteiger partial charge in [-0.25, -0.2) is 9.97 Å². The van der Waals surface area contributed by atoms with Crippen LogP contribution in [0, 0.1) is 13.8 Å². The molecule has 106 valence electrons. The number of aromatic nitrogens is 2. The second-order valence-corrected chi connectivity index (χ2v) is 6.80. The van der Waals surface area contributed by atoms with Gasteiger partial charge >= 0.3 is 0 Å². The minimum Gasteiger partial charge on any atom is -0.383 e. The van der Waals surface area contributed by atoms with Gasteiger partial charge in [0, 0.05) is 10.0 Å². The molecule has 3 nitrogen and oxygen atoms in total. The van der Waals surface area contributed by atoms with Gasteiger partial charge in [0.25, 0.3) is 0 Å². The monoisotopic (exact) mass is 397 g/mol. The lowest BCUT2D eigenvalue weighted by atomic mass is 10.1. The van der Waals surface area contributed by atoms with Crippen molar-refractivity contribution < 1.29 is 0 Å². The highest BCUT2D eigenvalue weighted by molar-refractivity contribution is 9.11. The Morgan fingerprint density at radius 2 is 1.55 bits per heavy atom. The van der Waals surface area contributed by atoms with E-state index >= 15 is 0 Å². The van der Waals surface area contributed by atoms with E-state index in [-0.39, 0.29) is 5.92 Å². The Morgan fingerprint density at radius 3 is 2.05 bits per heavy atom. The number of halogens is 2. The molecule has 2 aromatic rings. The summed E-state index contributed by atoms with van der Waals surface area (Å²) in [6.07, 6.45) is 0. The molecule has 0 spiro atoms. The highest BCUT2D eigenvalue weighted by Gasteiger charge is 2.15. The molecule has 0 aliphatic carbocycles. The van der Waals surface area contributed by atoms with Gasteiger partial charge in [-0.3, -0.25) is 0 Å². The Kier molecular flexibility index (Phi) is 4.49. The topological polar surface area (TPSA) is 51.8 Å². The first-order chi connectivity index (χ1) is 9.31. The van der Waals surface area contributed by atoms with Crippen molar-refractivity contribution in [2.45, 2.75) is 33.6 Å². The summed E-state index contributed by atoms with van der Waals surface area (Å²) in [6, 6.07) is 4.15. The van der Waals surface area contributed by atoms with Crippen molar-refractivity contribution in [3.8, 4) is 11.4 Å². The zero-order valence-electron chi connectivity index (χ0n) is 12.0. The van der Waals surface area contributed by atoms with Gasteiger partial charge < -0.3 is 5.73 Å². The summed E-state index contributed by atoms with van der Waals surface area (Å²) in [5.74, 6) is 1.44. The Balaban J connectivity index is 2.64. The average molecular weight is 399 g/mol. The third-order valence-corrected chi connectivity index (χ3v) is 5.21. The maximum absolute atomic E-state index is 6.00. The van der Waals surface area contributed by atoms with Gasteiger partial charge in [-0.05, 0) is 59.0 Å². The van der Waals surface area contributed by atoms with Crippen LogP contribution in [0.25, 0.3) is 11.4 Å². The number of hydrogen-bond donors (Lipinski definition) is 1. The molecule has 0 aliphatic rings. The van der Waals surface area contributed by atoms with Crippen LogP contribution in [0.4, 0.5) is 5.82 Å². The Hall–Kier alpha value is -0.940. The number of nitrogens with two attached hydrogens (primary N) is 1. The number of anilines is 1. The molecule has 0 bridgehead atoms. The van der Waals surface area contributed by atoms with E-state index in [1.807, 2.05) is 0 Å². The minimum atomic E-state index is 0.283. The van der Waals surface area contributed by atoms with Gasteiger partial charge in [0.05, 0.1) is 10.2 Å². The lowest BCUT2D eigenvalue weighted by molar-refractivity contribution is 0.811. The highest BCUT2D eigenvalue weighted by Crippen LogP contribution is 2.32. The first kappa shape index (κ1) is 15.4. The number of rotatable bonds is 2. The second-order valence-electron chi connectivity index (χ2n) is 5.21. The fourth-order valence-corrected chi connectivity index (χ4v) is 2.93. The Bertz CT molecular complexity index is 643. The lowest BCUT2D eigenvalue weighted by Gasteiger charge is -2.13. The maximum Gasteiger partial charge on any atom is 0.161 e. The third kappa shape index (κ3) is 2.88. The molecule has 0 amide bonds. The van der Waals surface area contributed by atoms with Gasteiger partial charge in [-0.1, -0.05) is 29.8 Å². The summed E-state index contributed by atoms with van der Waals surface area (Å²) in [5, 5.41) is 0. The molecule has 5 heteroatoms. The quantitative estimate of drug-likeness (QED) is 0.774. The SMILES string of the molecule is Cc1cc(-c2nc(N)c(Br)c(C(C)C)n2)cc(C)c1Br. The lowest BCUT2D eigenvalue weighted by Crippen LogP contribution is -2.04. The van der Waals surface area contributed by atoms with Crippen molar-refractivity contribution in [3.05, 3.63) is 37.9 Å². The summed E-state index contributed by atoms with van der Waals surface area (Å²) in [4.78, 5) is 9.06. The van der Waals surface area contributed by atoms with Crippen LogP contribution in [0.2, 0.25) is 0 Å². The van der Waals surface area contributed by atoms with Crippen molar-refractivity contribution in [2.24, 2.45) is 0 Å². The van der Waals surface area contributed by atoms with E-state index in [1.165, 1.54) is 0 Å². The molecule has 1 aromatic carbocycles. The van der Waals surface area contributed by atoms with Crippen molar-refractivity contribution in [2.75, 3.05) is 5.73 Å². The van der Waals surface area contributed by atoms with Gasteiger partial charge in [0.1, 0.15) is 5.82 Å². The van der Waals surface area contributed by atoms with E-state index < -0.39 is 0 Å². The summed E-state index contributed by atoms with van der Waals surface area (Å²) >= 11 is 7.05. The van der Waals surface area contributed by atoms with Crippen molar-refractivity contribution in [3.63, 3.8) is 0 Å². The zero-order valence-corrected chi connectivity index (χ0v) is 15.1. The molecule has 0 atom stereocenters. The van der Waals surface area contributed by atoms with Crippen LogP contribution in [-0.4, -0.2) is 9.97 Å². The van der Waals surface area contributed by atoms with Crippen molar-refractivity contribution in [1.29, 1.82) is 0 Å². The molecular formula is C15H17Br2N3. The summed E-state index contributed by atoms with van der Waals surface area (Å²) in [7, 11) is 0. The van der Waals surface area contributed by atoms with Crippen LogP contribution in [0.15, 0.2) is 21.1 Å². The van der Waals surface area contributed by atoms with Crippen LogP contribution < -0.4 is 5.73 Å². The number of benzene rings is 1. The van der Waals surface area contributed by atoms with E-state index in [1.54, 1.807) is 0 Å². The van der Waals surface area contributed by atoms with E-state index in [0.717, 1.165) is 31.3 Å². The molecule has 0 aliphatic heterocycles. The number of nitrogen functional groups attached to an aromatic ring is 1. The van der Waals surface area contributed by atoms with E-state index in [2.05, 4.69) is 81.7 Å². The fraction of sp³-hybridized carbons (Fsp3) is 0.333. The van der Waals surface area contributed by atoms with Gasteiger partial charge in [0.15, 0.2) is 5.82 Å². The molecular weight excluding hydrogens is 382 g/mol. The summed E-state index contributed by atoms with van der Waals surface area (Å²) in [6.45, 7) is 8.31. The summed E-state index contributed by atoms with van der Waals surface area (Å²) in [5.41, 5.74) is 10.2. The maximum atomic E-state index is 6.00. The van der Waals surface area contributed by atoms with Crippen LogP contribution in [0.3, 0.4) is 0 Å². The molecule has 1 aromatic heterocycles. The molecule has 0 radical (unpaired) electrons. The van der Waals surface area contributed by atoms with Gasteiger partial charge in [-0.2, -0.15) is 0 Å².